The normalized spacial score (nSPS) is 33.1. The van der Waals surface area contributed by atoms with E-state index >= 15 is 0 Å². The van der Waals surface area contributed by atoms with E-state index in [0.29, 0.717) is 19.6 Å². The summed E-state index contributed by atoms with van der Waals surface area (Å²) in [4.78, 5) is 0. The van der Waals surface area contributed by atoms with Gasteiger partial charge < -0.3 is 14.8 Å². The summed E-state index contributed by atoms with van der Waals surface area (Å²) >= 11 is 0. The Morgan fingerprint density at radius 3 is 2.67 bits per heavy atom. The largest absolute Gasteiger partial charge is 0.377 e. The lowest BCUT2D eigenvalue weighted by atomic mass is 10.2. The quantitative estimate of drug-likeness (QED) is 0.710. The molecule has 18 heavy (non-hydrogen) atoms. The molecule has 2 saturated heterocycles. The van der Waals surface area contributed by atoms with Crippen molar-refractivity contribution < 1.29 is 17.9 Å². The van der Waals surface area contributed by atoms with Crippen LogP contribution >= 0.6 is 0 Å². The van der Waals surface area contributed by atoms with Crippen molar-refractivity contribution in [1.29, 1.82) is 0 Å². The van der Waals surface area contributed by atoms with Crippen molar-refractivity contribution in [2.45, 2.75) is 43.6 Å². The molecule has 0 bridgehead atoms. The molecule has 0 spiro atoms. The highest BCUT2D eigenvalue weighted by molar-refractivity contribution is 7.92. The predicted molar refractivity (Wildman–Crippen MR) is 69.4 cm³/mol. The summed E-state index contributed by atoms with van der Waals surface area (Å²) < 4.78 is 35.0. The second-order valence-electron chi connectivity index (χ2n) is 5.11. The fourth-order valence-electron chi connectivity index (χ4n) is 2.62. The smallest absolute Gasteiger partial charge is 0.157 e. The van der Waals surface area contributed by atoms with Crippen LogP contribution in [0.1, 0.15) is 26.2 Å². The zero-order valence-corrected chi connectivity index (χ0v) is 11.7. The van der Waals surface area contributed by atoms with Crippen molar-refractivity contribution in [2.75, 3.05) is 32.1 Å². The van der Waals surface area contributed by atoms with E-state index in [1.165, 1.54) is 0 Å². The minimum atomic E-state index is -3.03. The Kier molecular flexibility index (Phi) is 5.00. The molecule has 0 aromatic heterocycles. The number of ether oxygens (including phenoxy) is 2. The highest BCUT2D eigenvalue weighted by Gasteiger charge is 2.35. The van der Waals surface area contributed by atoms with Gasteiger partial charge in [0.05, 0.1) is 23.2 Å². The molecule has 0 amide bonds. The van der Waals surface area contributed by atoms with Crippen LogP contribution in [0.4, 0.5) is 0 Å². The predicted octanol–water partition coefficient (Wildman–Crippen LogP) is 0.347. The van der Waals surface area contributed by atoms with E-state index in [-0.39, 0.29) is 23.2 Å². The molecule has 0 aromatic carbocycles. The first-order valence-corrected chi connectivity index (χ1v) is 8.46. The number of hydrogen-bond acceptors (Lipinski definition) is 5. The summed E-state index contributed by atoms with van der Waals surface area (Å²) in [5.41, 5.74) is 0. The summed E-state index contributed by atoms with van der Waals surface area (Å²) in [7, 11) is -3.03. The van der Waals surface area contributed by atoms with E-state index in [1.54, 1.807) is 0 Å². The minimum Gasteiger partial charge on any atom is -0.377 e. The number of nitrogens with one attached hydrogen (secondary N) is 1. The van der Waals surface area contributed by atoms with Crippen LogP contribution in [0, 0.1) is 0 Å². The third-order valence-electron chi connectivity index (χ3n) is 3.73. The lowest BCUT2D eigenvalue weighted by Crippen LogP contribution is -2.36. The molecule has 0 radical (unpaired) electrons. The fourth-order valence-corrected chi connectivity index (χ4v) is 4.47. The standard InChI is InChI=1S/C12H23NO4S/c1-10-12(4-7-16-10)18(14,15)8-5-13-9-11-3-2-6-17-11/h10-13H,2-9H2,1H3. The summed E-state index contributed by atoms with van der Waals surface area (Å²) in [5, 5.41) is 2.86. The monoisotopic (exact) mass is 277 g/mol. The van der Waals surface area contributed by atoms with Crippen molar-refractivity contribution in [1.82, 2.24) is 5.32 Å². The van der Waals surface area contributed by atoms with Crippen molar-refractivity contribution in [3.05, 3.63) is 0 Å². The molecule has 5 nitrogen and oxygen atoms in total. The molecule has 2 aliphatic rings. The van der Waals surface area contributed by atoms with Gasteiger partial charge in [0.2, 0.25) is 0 Å². The summed E-state index contributed by atoms with van der Waals surface area (Å²) in [6, 6.07) is 0. The third kappa shape index (κ3) is 3.66. The van der Waals surface area contributed by atoms with Gasteiger partial charge in [-0.25, -0.2) is 8.42 Å². The molecule has 2 heterocycles. The van der Waals surface area contributed by atoms with Gasteiger partial charge in [-0.3, -0.25) is 0 Å². The molecule has 6 heteroatoms. The van der Waals surface area contributed by atoms with Crippen LogP contribution in [0.15, 0.2) is 0 Å². The van der Waals surface area contributed by atoms with E-state index in [4.69, 9.17) is 9.47 Å². The number of hydrogen-bond donors (Lipinski definition) is 1. The van der Waals surface area contributed by atoms with Gasteiger partial charge in [-0.1, -0.05) is 0 Å². The highest BCUT2D eigenvalue weighted by atomic mass is 32.2. The summed E-state index contributed by atoms with van der Waals surface area (Å²) in [6.45, 7) is 4.50. The maximum Gasteiger partial charge on any atom is 0.157 e. The Morgan fingerprint density at radius 1 is 1.22 bits per heavy atom. The molecule has 3 atom stereocenters. The zero-order valence-electron chi connectivity index (χ0n) is 10.9. The topological polar surface area (TPSA) is 64.6 Å². The molecule has 0 saturated carbocycles. The van der Waals surface area contributed by atoms with Gasteiger partial charge in [0, 0.05) is 26.3 Å². The van der Waals surface area contributed by atoms with E-state index in [9.17, 15) is 8.42 Å². The molecular weight excluding hydrogens is 254 g/mol. The molecular formula is C12H23NO4S. The Hall–Kier alpha value is -0.170. The molecule has 0 aliphatic carbocycles. The summed E-state index contributed by atoms with van der Waals surface area (Å²) in [6.07, 6.45) is 2.93. The summed E-state index contributed by atoms with van der Waals surface area (Å²) in [5.74, 6) is 0.193. The number of rotatable bonds is 6. The second kappa shape index (κ2) is 6.32. The van der Waals surface area contributed by atoms with Crippen LogP contribution in [0.5, 0.6) is 0 Å². The van der Waals surface area contributed by atoms with Crippen LogP contribution < -0.4 is 5.32 Å². The van der Waals surface area contributed by atoms with Gasteiger partial charge in [-0.15, -0.1) is 0 Å². The van der Waals surface area contributed by atoms with E-state index in [0.717, 1.165) is 26.0 Å². The van der Waals surface area contributed by atoms with Crippen LogP contribution in [0.2, 0.25) is 0 Å². The minimum absolute atomic E-state index is 0.159. The lowest BCUT2D eigenvalue weighted by molar-refractivity contribution is 0.110. The zero-order chi connectivity index (χ0) is 13.0. The van der Waals surface area contributed by atoms with Crippen molar-refractivity contribution in [3.63, 3.8) is 0 Å². The first-order chi connectivity index (χ1) is 8.59. The third-order valence-corrected chi connectivity index (χ3v) is 6.04. The fraction of sp³-hybridized carbons (Fsp3) is 1.00. The van der Waals surface area contributed by atoms with Gasteiger partial charge in [-0.05, 0) is 26.2 Å². The van der Waals surface area contributed by atoms with Crippen molar-refractivity contribution in [2.24, 2.45) is 0 Å². The van der Waals surface area contributed by atoms with Crippen LogP contribution in [0.3, 0.4) is 0 Å². The van der Waals surface area contributed by atoms with Crippen LogP contribution in [-0.4, -0.2) is 57.9 Å². The van der Waals surface area contributed by atoms with E-state index in [1.807, 2.05) is 6.92 Å². The first kappa shape index (κ1) is 14.2. The molecule has 2 fully saturated rings. The van der Waals surface area contributed by atoms with E-state index < -0.39 is 9.84 Å². The maximum absolute atomic E-state index is 12.1. The Morgan fingerprint density at radius 2 is 2.06 bits per heavy atom. The molecule has 2 aliphatic heterocycles. The van der Waals surface area contributed by atoms with Crippen molar-refractivity contribution in [3.8, 4) is 0 Å². The maximum atomic E-state index is 12.1. The Bertz CT molecular complexity index is 351. The molecule has 106 valence electrons. The van der Waals surface area contributed by atoms with Gasteiger partial charge in [0.25, 0.3) is 0 Å². The molecule has 1 N–H and O–H groups in total. The molecule has 0 aromatic rings. The van der Waals surface area contributed by atoms with Gasteiger partial charge in [-0.2, -0.15) is 0 Å². The second-order valence-corrected chi connectivity index (χ2v) is 7.45. The van der Waals surface area contributed by atoms with E-state index in [2.05, 4.69) is 5.32 Å². The number of sulfone groups is 1. The average molecular weight is 277 g/mol. The van der Waals surface area contributed by atoms with Crippen LogP contribution in [-0.2, 0) is 19.3 Å². The SMILES string of the molecule is CC1OCCC1S(=O)(=O)CCNCC1CCCO1. The lowest BCUT2D eigenvalue weighted by Gasteiger charge is -2.16. The molecule has 2 rings (SSSR count). The Labute approximate surface area is 109 Å². The van der Waals surface area contributed by atoms with Gasteiger partial charge in [0.1, 0.15) is 0 Å². The van der Waals surface area contributed by atoms with Gasteiger partial charge in [0.15, 0.2) is 9.84 Å². The average Bonchev–Trinajstić information content (AvgIpc) is 2.95. The molecule has 3 unspecified atom stereocenters. The highest BCUT2D eigenvalue weighted by Crippen LogP contribution is 2.21. The Balaban J connectivity index is 1.68. The first-order valence-electron chi connectivity index (χ1n) is 6.75. The van der Waals surface area contributed by atoms with Crippen LogP contribution in [0.25, 0.3) is 0 Å². The van der Waals surface area contributed by atoms with Crippen molar-refractivity contribution >= 4 is 9.84 Å². The van der Waals surface area contributed by atoms with Gasteiger partial charge >= 0.3 is 0 Å².